The van der Waals surface area contributed by atoms with Crippen molar-refractivity contribution in [2.24, 2.45) is 11.8 Å². The van der Waals surface area contributed by atoms with Crippen molar-refractivity contribution >= 4 is 5.97 Å². The lowest BCUT2D eigenvalue weighted by Crippen LogP contribution is -2.09. The zero-order valence-corrected chi connectivity index (χ0v) is 13.7. The van der Waals surface area contributed by atoms with E-state index in [0.29, 0.717) is 5.92 Å². The fourth-order valence-corrected chi connectivity index (χ4v) is 2.23. The Labute approximate surface area is 125 Å². The first-order valence-corrected chi connectivity index (χ1v) is 7.97. The Morgan fingerprint density at radius 2 is 1.85 bits per heavy atom. The van der Waals surface area contributed by atoms with Gasteiger partial charge in [-0.3, -0.25) is 4.79 Å². The van der Waals surface area contributed by atoms with Crippen LogP contribution in [-0.2, 0) is 4.79 Å². The molecule has 0 heterocycles. The first kappa shape index (κ1) is 18.9. The van der Waals surface area contributed by atoms with Crippen molar-refractivity contribution in [1.29, 1.82) is 0 Å². The molecular weight excluding hydrogens is 248 g/mol. The predicted octanol–water partition coefficient (Wildman–Crippen LogP) is 5.60. The minimum absolute atomic E-state index is 0.198. The smallest absolute Gasteiger partial charge is 0.306 e. The molecule has 2 unspecified atom stereocenters. The van der Waals surface area contributed by atoms with Gasteiger partial charge in [0, 0.05) is 0 Å². The van der Waals surface area contributed by atoms with Crippen LogP contribution in [0.5, 0.6) is 0 Å². The third kappa shape index (κ3) is 10.8. The minimum atomic E-state index is -0.669. The number of hydrogen-bond acceptors (Lipinski definition) is 1. The minimum Gasteiger partial charge on any atom is -0.481 e. The largest absolute Gasteiger partial charge is 0.481 e. The lowest BCUT2D eigenvalue weighted by atomic mass is 9.95. The molecule has 2 heteroatoms. The molecule has 0 aromatic rings. The summed E-state index contributed by atoms with van der Waals surface area (Å²) in [6, 6.07) is 0. The summed E-state index contributed by atoms with van der Waals surface area (Å²) in [4.78, 5) is 10.7. The third-order valence-electron chi connectivity index (χ3n) is 3.85. The summed E-state index contributed by atoms with van der Waals surface area (Å²) >= 11 is 0. The van der Waals surface area contributed by atoms with Crippen LogP contribution < -0.4 is 0 Å². The van der Waals surface area contributed by atoms with Crippen molar-refractivity contribution in [3.8, 4) is 0 Å². The Bertz CT molecular complexity index is 315. The van der Waals surface area contributed by atoms with Crippen LogP contribution in [0.25, 0.3) is 0 Å². The van der Waals surface area contributed by atoms with Gasteiger partial charge in [-0.05, 0) is 51.9 Å². The number of carbonyl (C=O) groups is 1. The summed E-state index contributed by atoms with van der Waals surface area (Å²) < 4.78 is 0. The Balaban J connectivity index is 3.69. The van der Waals surface area contributed by atoms with E-state index in [0.717, 1.165) is 38.5 Å². The van der Waals surface area contributed by atoms with E-state index < -0.39 is 5.97 Å². The van der Waals surface area contributed by atoms with E-state index in [4.69, 9.17) is 5.11 Å². The Morgan fingerprint density at radius 3 is 2.45 bits per heavy atom. The molecule has 0 rings (SSSR count). The number of aliphatic carboxylic acids is 1. The molecule has 2 atom stereocenters. The van der Waals surface area contributed by atoms with Crippen LogP contribution in [-0.4, -0.2) is 11.1 Å². The van der Waals surface area contributed by atoms with Crippen LogP contribution in [0.2, 0.25) is 0 Å². The van der Waals surface area contributed by atoms with E-state index in [1.165, 1.54) is 12.0 Å². The first-order valence-electron chi connectivity index (χ1n) is 7.97. The highest BCUT2D eigenvalue weighted by Gasteiger charge is 2.10. The van der Waals surface area contributed by atoms with Crippen molar-refractivity contribution < 1.29 is 9.90 Å². The van der Waals surface area contributed by atoms with Crippen LogP contribution in [0, 0.1) is 11.8 Å². The molecule has 0 aliphatic heterocycles. The molecule has 0 saturated heterocycles. The lowest BCUT2D eigenvalue weighted by Gasteiger charge is -2.11. The molecule has 0 radical (unpaired) electrons. The van der Waals surface area contributed by atoms with Crippen molar-refractivity contribution in [2.45, 2.75) is 72.6 Å². The van der Waals surface area contributed by atoms with Gasteiger partial charge in [0.05, 0.1) is 5.92 Å². The molecule has 1 N–H and O–H groups in total. The number of carboxylic acid groups (broad SMARTS) is 1. The molecule has 0 bridgehead atoms. The molecule has 20 heavy (non-hydrogen) atoms. The maximum Gasteiger partial charge on any atom is 0.306 e. The monoisotopic (exact) mass is 280 g/mol. The molecule has 0 saturated carbocycles. The van der Waals surface area contributed by atoms with Gasteiger partial charge in [-0.15, -0.1) is 0 Å². The van der Waals surface area contributed by atoms with Crippen molar-refractivity contribution in [3.63, 3.8) is 0 Å². The standard InChI is InChI=1S/C18H32O2/c1-5-6-7-10-15(2)11-8-12-16(3)13-9-14-17(4)18(19)20/h5-6,11,16-17H,7-10,12-14H2,1-4H3,(H,19,20). The van der Waals surface area contributed by atoms with Gasteiger partial charge in [0.25, 0.3) is 0 Å². The van der Waals surface area contributed by atoms with Crippen LogP contribution in [0.3, 0.4) is 0 Å². The van der Waals surface area contributed by atoms with E-state index in [2.05, 4.69) is 39.0 Å². The van der Waals surface area contributed by atoms with E-state index >= 15 is 0 Å². The highest BCUT2D eigenvalue weighted by Crippen LogP contribution is 2.18. The van der Waals surface area contributed by atoms with Crippen molar-refractivity contribution in [3.05, 3.63) is 23.8 Å². The number of allylic oxidation sites excluding steroid dienone is 4. The number of hydrogen-bond donors (Lipinski definition) is 1. The van der Waals surface area contributed by atoms with E-state index in [1.807, 2.05) is 0 Å². The average Bonchev–Trinajstić information content (AvgIpc) is 2.38. The van der Waals surface area contributed by atoms with Gasteiger partial charge in [0.1, 0.15) is 0 Å². The van der Waals surface area contributed by atoms with E-state index in [-0.39, 0.29) is 5.92 Å². The van der Waals surface area contributed by atoms with Crippen molar-refractivity contribution in [2.75, 3.05) is 0 Å². The van der Waals surface area contributed by atoms with Crippen molar-refractivity contribution in [1.82, 2.24) is 0 Å². The Hall–Kier alpha value is -1.05. The first-order chi connectivity index (χ1) is 9.47. The molecule has 0 aliphatic carbocycles. The normalized spacial score (nSPS) is 15.5. The summed E-state index contributed by atoms with van der Waals surface area (Å²) in [7, 11) is 0. The van der Waals surface area contributed by atoms with Gasteiger partial charge in [0.2, 0.25) is 0 Å². The highest BCUT2D eigenvalue weighted by molar-refractivity contribution is 5.69. The summed E-state index contributed by atoms with van der Waals surface area (Å²) in [6.45, 7) is 8.34. The second-order valence-corrected chi connectivity index (χ2v) is 6.01. The molecule has 0 amide bonds. The van der Waals surface area contributed by atoms with Crippen LogP contribution in [0.1, 0.15) is 72.6 Å². The van der Waals surface area contributed by atoms with Gasteiger partial charge in [-0.25, -0.2) is 0 Å². The quantitative estimate of drug-likeness (QED) is 0.500. The summed E-state index contributed by atoms with van der Waals surface area (Å²) in [5, 5.41) is 8.83. The fraction of sp³-hybridized carbons (Fsp3) is 0.722. The van der Waals surface area contributed by atoms with Crippen LogP contribution in [0.4, 0.5) is 0 Å². The molecular formula is C18H32O2. The highest BCUT2D eigenvalue weighted by atomic mass is 16.4. The van der Waals surface area contributed by atoms with Gasteiger partial charge >= 0.3 is 5.97 Å². The maximum atomic E-state index is 10.7. The van der Waals surface area contributed by atoms with Gasteiger partial charge < -0.3 is 5.11 Å². The van der Waals surface area contributed by atoms with Gasteiger partial charge in [-0.1, -0.05) is 50.5 Å². The van der Waals surface area contributed by atoms with E-state index in [1.54, 1.807) is 6.92 Å². The second kappa shape index (κ2) is 11.7. The third-order valence-corrected chi connectivity index (χ3v) is 3.85. The summed E-state index contributed by atoms with van der Waals surface area (Å²) in [5.74, 6) is -0.177. The van der Waals surface area contributed by atoms with Gasteiger partial charge in [-0.2, -0.15) is 0 Å². The fourth-order valence-electron chi connectivity index (χ4n) is 2.23. The maximum absolute atomic E-state index is 10.7. The number of carboxylic acids is 1. The van der Waals surface area contributed by atoms with E-state index in [9.17, 15) is 4.79 Å². The zero-order chi connectivity index (χ0) is 15.4. The molecule has 0 aromatic carbocycles. The predicted molar refractivity (Wildman–Crippen MR) is 86.9 cm³/mol. The number of rotatable bonds is 11. The molecule has 0 aliphatic rings. The van der Waals surface area contributed by atoms with Crippen LogP contribution >= 0.6 is 0 Å². The molecule has 0 fully saturated rings. The zero-order valence-electron chi connectivity index (χ0n) is 13.7. The summed E-state index contributed by atoms with van der Waals surface area (Å²) in [5.41, 5.74) is 1.48. The second-order valence-electron chi connectivity index (χ2n) is 6.01. The Morgan fingerprint density at radius 1 is 1.15 bits per heavy atom. The lowest BCUT2D eigenvalue weighted by molar-refractivity contribution is -0.141. The topological polar surface area (TPSA) is 37.3 Å². The Kier molecular flexibility index (Phi) is 11.1. The molecule has 2 nitrogen and oxygen atoms in total. The van der Waals surface area contributed by atoms with Crippen LogP contribution in [0.15, 0.2) is 23.8 Å². The molecule has 116 valence electrons. The molecule has 0 aromatic heterocycles. The molecule has 0 spiro atoms. The summed E-state index contributed by atoms with van der Waals surface area (Å²) in [6.07, 6.45) is 14.3. The average molecular weight is 280 g/mol. The van der Waals surface area contributed by atoms with Gasteiger partial charge in [0.15, 0.2) is 0 Å². The SMILES string of the molecule is CC=CCCC(C)=CCCC(C)CCCC(C)C(=O)O.